The number of hydrogen-bond donors (Lipinski definition) is 2. The van der Waals surface area contributed by atoms with Crippen molar-refractivity contribution < 1.29 is 0 Å². The van der Waals surface area contributed by atoms with Crippen molar-refractivity contribution in [2.24, 2.45) is 0 Å². The van der Waals surface area contributed by atoms with Gasteiger partial charge in [-0.1, -0.05) is 41.9 Å². The van der Waals surface area contributed by atoms with E-state index in [1.807, 2.05) is 30.3 Å². The molecule has 1 atom stereocenters. The van der Waals surface area contributed by atoms with Crippen LogP contribution in [0.5, 0.6) is 0 Å². The van der Waals surface area contributed by atoms with Crippen molar-refractivity contribution in [3.63, 3.8) is 0 Å². The molecule has 4 aromatic rings. The maximum atomic E-state index is 12.8. The molecular weight excluding hydrogens is 390 g/mol. The number of fused-ring (bicyclic) bond motifs is 1. The normalized spacial score (nSPS) is 12.1. The van der Waals surface area contributed by atoms with Gasteiger partial charge in [0.2, 0.25) is 5.95 Å². The highest BCUT2D eigenvalue weighted by Crippen LogP contribution is 2.15. The topological polar surface area (TPSA) is 92.7 Å². The van der Waals surface area contributed by atoms with Crippen LogP contribution in [-0.4, -0.2) is 19.7 Å². The SMILES string of the molecule is C[C@@H](c1cc(=O)[nH]c(NCc2ccc(Cl)cc2)n1)n1ncc2ccccc2c1=O. The molecule has 4 rings (SSSR count). The van der Waals surface area contributed by atoms with Crippen LogP contribution in [0.15, 0.2) is 70.4 Å². The Morgan fingerprint density at radius 2 is 1.90 bits per heavy atom. The summed E-state index contributed by atoms with van der Waals surface area (Å²) < 4.78 is 1.34. The number of hydrogen-bond acceptors (Lipinski definition) is 5. The average molecular weight is 408 g/mol. The average Bonchev–Trinajstić information content (AvgIpc) is 2.73. The van der Waals surface area contributed by atoms with Gasteiger partial charge in [-0.05, 0) is 30.7 Å². The molecule has 0 aliphatic heterocycles. The second-order valence-corrected chi connectivity index (χ2v) is 7.09. The number of rotatable bonds is 5. The van der Waals surface area contributed by atoms with Gasteiger partial charge in [-0.2, -0.15) is 5.10 Å². The third-order valence-corrected chi connectivity index (χ3v) is 4.90. The fraction of sp³-hybridized carbons (Fsp3) is 0.143. The summed E-state index contributed by atoms with van der Waals surface area (Å²) in [6.45, 7) is 2.25. The van der Waals surface area contributed by atoms with Crippen LogP contribution in [0.4, 0.5) is 5.95 Å². The molecule has 29 heavy (non-hydrogen) atoms. The fourth-order valence-corrected chi connectivity index (χ4v) is 3.19. The molecule has 8 heteroatoms. The largest absolute Gasteiger partial charge is 0.352 e. The van der Waals surface area contributed by atoms with E-state index in [1.54, 1.807) is 31.3 Å². The minimum absolute atomic E-state index is 0.228. The molecule has 2 N–H and O–H groups in total. The zero-order valence-electron chi connectivity index (χ0n) is 15.6. The van der Waals surface area contributed by atoms with Gasteiger partial charge in [0.15, 0.2) is 0 Å². The first-order valence-corrected chi connectivity index (χ1v) is 9.45. The van der Waals surface area contributed by atoms with Crippen LogP contribution in [-0.2, 0) is 6.54 Å². The Morgan fingerprint density at radius 3 is 2.69 bits per heavy atom. The third-order valence-electron chi connectivity index (χ3n) is 4.65. The van der Waals surface area contributed by atoms with Gasteiger partial charge >= 0.3 is 0 Å². The lowest BCUT2D eigenvalue weighted by Crippen LogP contribution is -2.28. The van der Waals surface area contributed by atoms with E-state index in [2.05, 4.69) is 20.4 Å². The molecule has 2 aromatic heterocycles. The molecule has 0 bridgehead atoms. The summed E-state index contributed by atoms with van der Waals surface area (Å²) >= 11 is 5.90. The summed E-state index contributed by atoms with van der Waals surface area (Å²) in [7, 11) is 0. The predicted octanol–water partition coefficient (Wildman–Crippen LogP) is 3.35. The van der Waals surface area contributed by atoms with Crippen molar-refractivity contribution >= 4 is 28.3 Å². The van der Waals surface area contributed by atoms with Gasteiger partial charge in [0.1, 0.15) is 0 Å². The number of aromatic amines is 1. The molecule has 7 nitrogen and oxygen atoms in total. The zero-order valence-corrected chi connectivity index (χ0v) is 16.3. The van der Waals surface area contributed by atoms with Crippen LogP contribution in [0.25, 0.3) is 10.8 Å². The first-order valence-electron chi connectivity index (χ1n) is 9.07. The first kappa shape index (κ1) is 18.9. The number of H-pyrrole nitrogens is 1. The van der Waals surface area contributed by atoms with Gasteiger partial charge in [0.05, 0.1) is 23.3 Å². The third kappa shape index (κ3) is 4.05. The van der Waals surface area contributed by atoms with Crippen molar-refractivity contribution in [1.29, 1.82) is 0 Å². The van der Waals surface area contributed by atoms with Crippen LogP contribution >= 0.6 is 11.6 Å². The summed E-state index contributed by atoms with van der Waals surface area (Å²) in [5.74, 6) is 0.322. The second kappa shape index (κ2) is 7.89. The Balaban J connectivity index is 1.63. The maximum absolute atomic E-state index is 12.8. The Kier molecular flexibility index (Phi) is 5.14. The van der Waals surface area contributed by atoms with E-state index < -0.39 is 6.04 Å². The summed E-state index contributed by atoms with van der Waals surface area (Å²) in [6, 6.07) is 15.5. The molecule has 0 saturated carbocycles. The monoisotopic (exact) mass is 407 g/mol. The fourth-order valence-electron chi connectivity index (χ4n) is 3.07. The van der Waals surface area contributed by atoms with Crippen molar-refractivity contribution in [1.82, 2.24) is 19.7 Å². The van der Waals surface area contributed by atoms with Crippen molar-refractivity contribution in [3.8, 4) is 0 Å². The van der Waals surface area contributed by atoms with E-state index in [9.17, 15) is 9.59 Å². The van der Waals surface area contributed by atoms with Crippen LogP contribution in [0.1, 0.15) is 24.2 Å². The highest BCUT2D eigenvalue weighted by molar-refractivity contribution is 6.30. The van der Waals surface area contributed by atoms with E-state index >= 15 is 0 Å². The lowest BCUT2D eigenvalue weighted by Gasteiger charge is -2.15. The van der Waals surface area contributed by atoms with Gasteiger partial charge in [-0.25, -0.2) is 9.67 Å². The zero-order chi connectivity index (χ0) is 20.4. The molecule has 0 aliphatic carbocycles. The van der Waals surface area contributed by atoms with Gasteiger partial charge in [-0.3, -0.25) is 14.6 Å². The lowest BCUT2D eigenvalue weighted by atomic mass is 10.2. The standard InChI is InChI=1S/C21H18ClN5O2/c1-13(27-20(29)17-5-3-2-4-15(17)12-24-27)18-10-19(28)26-21(25-18)23-11-14-6-8-16(22)9-7-14/h2-10,12-13H,11H2,1H3,(H2,23,25,26,28)/t13-/m0/s1. The van der Waals surface area contributed by atoms with Gasteiger partial charge in [0, 0.05) is 23.0 Å². The lowest BCUT2D eigenvalue weighted by molar-refractivity contribution is 0.524. The smallest absolute Gasteiger partial charge is 0.275 e. The number of nitrogens with zero attached hydrogens (tertiary/aromatic N) is 3. The van der Waals surface area contributed by atoms with Crippen molar-refractivity contribution in [3.05, 3.63) is 97.8 Å². The van der Waals surface area contributed by atoms with Crippen LogP contribution in [0.3, 0.4) is 0 Å². The predicted molar refractivity (Wildman–Crippen MR) is 113 cm³/mol. The Hall–Kier alpha value is -3.45. The minimum Gasteiger partial charge on any atom is -0.352 e. The molecule has 0 amide bonds. The van der Waals surface area contributed by atoms with E-state index in [0.29, 0.717) is 28.6 Å². The maximum Gasteiger partial charge on any atom is 0.275 e. The number of benzene rings is 2. The summed E-state index contributed by atoms with van der Waals surface area (Å²) in [4.78, 5) is 32.1. The van der Waals surface area contributed by atoms with E-state index in [1.165, 1.54) is 10.7 Å². The number of aromatic nitrogens is 4. The minimum atomic E-state index is -0.509. The van der Waals surface area contributed by atoms with E-state index in [-0.39, 0.29) is 11.1 Å². The Bertz CT molecular complexity index is 1280. The van der Waals surface area contributed by atoms with Gasteiger partial charge in [0.25, 0.3) is 11.1 Å². The highest BCUT2D eigenvalue weighted by atomic mass is 35.5. The molecule has 2 aromatic carbocycles. The van der Waals surface area contributed by atoms with Crippen molar-refractivity contribution in [2.75, 3.05) is 5.32 Å². The molecule has 0 fully saturated rings. The second-order valence-electron chi connectivity index (χ2n) is 6.66. The molecule has 0 aliphatic rings. The van der Waals surface area contributed by atoms with Crippen LogP contribution in [0, 0.1) is 0 Å². The number of anilines is 1. The number of halogens is 1. The summed E-state index contributed by atoms with van der Waals surface area (Å²) in [6.07, 6.45) is 1.64. The van der Waals surface area contributed by atoms with E-state index in [0.717, 1.165) is 10.9 Å². The van der Waals surface area contributed by atoms with E-state index in [4.69, 9.17) is 11.6 Å². The Morgan fingerprint density at radius 1 is 1.14 bits per heavy atom. The summed E-state index contributed by atoms with van der Waals surface area (Å²) in [5.41, 5.74) is 0.891. The molecule has 146 valence electrons. The quantitative estimate of drug-likeness (QED) is 0.529. The molecule has 0 spiro atoms. The van der Waals surface area contributed by atoms with Gasteiger partial charge in [-0.15, -0.1) is 0 Å². The molecular formula is C21H18ClN5O2. The molecule has 0 saturated heterocycles. The number of nitrogens with one attached hydrogen (secondary N) is 2. The highest BCUT2D eigenvalue weighted by Gasteiger charge is 2.15. The molecule has 2 heterocycles. The Labute approximate surface area is 171 Å². The molecule has 0 radical (unpaired) electrons. The first-order chi connectivity index (χ1) is 14.0. The van der Waals surface area contributed by atoms with Crippen molar-refractivity contribution in [2.45, 2.75) is 19.5 Å². The van der Waals surface area contributed by atoms with Gasteiger partial charge < -0.3 is 5.32 Å². The summed E-state index contributed by atoms with van der Waals surface area (Å²) in [5, 5.41) is 9.35. The van der Waals surface area contributed by atoms with Crippen LogP contribution in [0.2, 0.25) is 5.02 Å². The van der Waals surface area contributed by atoms with Crippen LogP contribution < -0.4 is 16.4 Å². The molecule has 0 unspecified atom stereocenters.